The minimum absolute atomic E-state index is 0.00397. The van der Waals surface area contributed by atoms with Gasteiger partial charge in [-0.25, -0.2) is 9.67 Å². The summed E-state index contributed by atoms with van der Waals surface area (Å²) in [5.74, 6) is -0.456. The maximum atomic E-state index is 13.9. The van der Waals surface area contributed by atoms with Crippen LogP contribution < -0.4 is 0 Å². The number of rotatable bonds is 5. The van der Waals surface area contributed by atoms with Crippen LogP contribution in [-0.4, -0.2) is 25.8 Å². The Kier molecular flexibility index (Phi) is 4.93. The van der Waals surface area contributed by atoms with Gasteiger partial charge in [-0.1, -0.05) is 31.2 Å². The van der Waals surface area contributed by atoms with Gasteiger partial charge in [-0.15, -0.1) is 5.10 Å². The van der Waals surface area contributed by atoms with Gasteiger partial charge >= 0.3 is 0 Å². The Morgan fingerprint density at radius 2 is 2.04 bits per heavy atom. The lowest BCUT2D eigenvalue weighted by Crippen LogP contribution is -2.11. The van der Waals surface area contributed by atoms with E-state index in [1.165, 1.54) is 10.9 Å². The smallest absolute Gasteiger partial charge is 0.238 e. The third kappa shape index (κ3) is 3.14. The molecule has 3 aromatic rings. The Labute approximate surface area is 151 Å². The van der Waals surface area contributed by atoms with E-state index in [0.29, 0.717) is 11.4 Å². The van der Waals surface area contributed by atoms with Gasteiger partial charge in [0.25, 0.3) is 0 Å². The second kappa shape index (κ2) is 7.15. The molecule has 0 saturated carbocycles. The Morgan fingerprint density at radius 3 is 2.69 bits per heavy atom. The van der Waals surface area contributed by atoms with Crippen molar-refractivity contribution in [3.8, 4) is 16.9 Å². The van der Waals surface area contributed by atoms with Crippen LogP contribution in [0.2, 0.25) is 0 Å². The van der Waals surface area contributed by atoms with E-state index in [1.807, 2.05) is 45.9 Å². The fraction of sp³-hybridized carbons (Fsp3) is 0.300. The fourth-order valence-electron chi connectivity index (χ4n) is 2.90. The largest absolute Gasteiger partial charge is 0.294 e. The monoisotopic (exact) mass is 352 g/mol. The Morgan fingerprint density at radius 1 is 1.27 bits per heavy atom. The van der Waals surface area contributed by atoms with Crippen LogP contribution in [0.4, 0.5) is 4.39 Å². The van der Waals surface area contributed by atoms with E-state index in [9.17, 15) is 9.18 Å². The Balaban J connectivity index is 2.00. The number of pyridine rings is 1. The van der Waals surface area contributed by atoms with Gasteiger partial charge in [0.2, 0.25) is 5.95 Å². The lowest BCUT2D eigenvalue weighted by Gasteiger charge is -2.11. The number of hydrogen-bond donors (Lipinski definition) is 0. The van der Waals surface area contributed by atoms with Crippen molar-refractivity contribution >= 4 is 5.78 Å². The number of hydrogen-bond acceptors (Lipinski definition) is 4. The second-order valence-electron chi connectivity index (χ2n) is 6.45. The van der Waals surface area contributed by atoms with Crippen LogP contribution >= 0.6 is 0 Å². The molecule has 0 aliphatic carbocycles. The molecule has 0 spiro atoms. The molecule has 5 nitrogen and oxygen atoms in total. The highest BCUT2D eigenvalue weighted by Crippen LogP contribution is 2.26. The number of aryl methyl sites for hydroxylation is 1. The number of nitrogens with zero attached hydrogens (tertiary/aromatic N) is 4. The molecule has 0 fully saturated rings. The molecule has 0 radical (unpaired) electrons. The van der Waals surface area contributed by atoms with Gasteiger partial charge in [0.15, 0.2) is 5.78 Å². The van der Waals surface area contributed by atoms with Crippen LogP contribution in [0.1, 0.15) is 41.9 Å². The van der Waals surface area contributed by atoms with Crippen molar-refractivity contribution in [1.82, 2.24) is 20.0 Å². The summed E-state index contributed by atoms with van der Waals surface area (Å²) in [6, 6.07) is 8.88. The van der Waals surface area contributed by atoms with Crippen molar-refractivity contribution in [2.75, 3.05) is 0 Å². The molecule has 26 heavy (non-hydrogen) atoms. The summed E-state index contributed by atoms with van der Waals surface area (Å²) in [5.41, 5.74) is 4.08. The zero-order chi connectivity index (χ0) is 18.8. The molecule has 1 aromatic carbocycles. The van der Waals surface area contributed by atoms with Crippen LogP contribution in [0.5, 0.6) is 0 Å². The van der Waals surface area contributed by atoms with E-state index in [0.717, 1.165) is 23.1 Å². The first-order valence-corrected chi connectivity index (χ1v) is 8.62. The number of carbonyl (C=O) groups is 1. The molecule has 2 heterocycles. The first kappa shape index (κ1) is 17.9. The van der Waals surface area contributed by atoms with Gasteiger partial charge < -0.3 is 0 Å². The fourth-order valence-corrected chi connectivity index (χ4v) is 2.90. The minimum Gasteiger partial charge on any atom is -0.294 e. The van der Waals surface area contributed by atoms with Gasteiger partial charge in [0, 0.05) is 23.2 Å². The van der Waals surface area contributed by atoms with Crippen molar-refractivity contribution in [2.45, 2.75) is 34.1 Å². The number of Topliss-reactive ketones (excluding diaryl/α,β-unsaturated/α-hetero) is 1. The average molecular weight is 352 g/mol. The molecule has 0 unspecified atom stereocenters. The van der Waals surface area contributed by atoms with Crippen molar-refractivity contribution < 1.29 is 9.18 Å². The molecule has 2 aromatic heterocycles. The highest BCUT2D eigenvalue weighted by molar-refractivity contribution is 5.99. The maximum Gasteiger partial charge on any atom is 0.238 e. The van der Waals surface area contributed by atoms with Crippen LogP contribution in [0.25, 0.3) is 16.9 Å². The Hall–Kier alpha value is -2.89. The quantitative estimate of drug-likeness (QED) is 0.507. The summed E-state index contributed by atoms with van der Waals surface area (Å²) in [6.45, 7) is 7.69. The van der Waals surface area contributed by atoms with Gasteiger partial charge in [0.05, 0.1) is 5.69 Å². The van der Waals surface area contributed by atoms with Crippen molar-refractivity contribution in [2.24, 2.45) is 5.92 Å². The topological polar surface area (TPSA) is 60.7 Å². The number of aromatic nitrogens is 4. The normalized spacial score (nSPS) is 12.2. The molecule has 0 N–H and O–H groups in total. The first-order chi connectivity index (χ1) is 12.4. The zero-order valence-corrected chi connectivity index (χ0v) is 15.3. The van der Waals surface area contributed by atoms with Crippen LogP contribution in [0.15, 0.2) is 36.5 Å². The molecule has 0 aliphatic rings. The van der Waals surface area contributed by atoms with E-state index in [1.54, 1.807) is 12.1 Å². The van der Waals surface area contributed by atoms with E-state index in [-0.39, 0.29) is 17.4 Å². The van der Waals surface area contributed by atoms with Gasteiger partial charge in [-0.05, 0) is 44.0 Å². The Bertz CT molecular complexity index is 964. The summed E-state index contributed by atoms with van der Waals surface area (Å²) in [7, 11) is 0. The SMILES string of the molecule is CC[C@H](C)C(=O)c1ccc(-c2nnn(-c3cccnc3F)c2C)cc1C. The van der Waals surface area contributed by atoms with E-state index in [2.05, 4.69) is 15.3 Å². The van der Waals surface area contributed by atoms with Crippen molar-refractivity contribution in [3.63, 3.8) is 0 Å². The van der Waals surface area contributed by atoms with E-state index >= 15 is 0 Å². The molecular weight excluding hydrogens is 331 g/mol. The van der Waals surface area contributed by atoms with Crippen LogP contribution in [-0.2, 0) is 0 Å². The molecule has 6 heteroatoms. The molecule has 134 valence electrons. The third-order valence-corrected chi connectivity index (χ3v) is 4.69. The standard InChI is InChI=1S/C20H21FN4O/c1-5-12(2)19(26)16-9-8-15(11-13(16)3)18-14(4)25(24-23-18)17-7-6-10-22-20(17)21/h6-12H,5H2,1-4H3/t12-/m0/s1. The number of halogens is 1. The third-order valence-electron chi connectivity index (χ3n) is 4.69. The van der Waals surface area contributed by atoms with E-state index < -0.39 is 5.95 Å². The molecule has 3 rings (SSSR count). The number of benzene rings is 1. The van der Waals surface area contributed by atoms with Crippen molar-refractivity contribution in [3.05, 3.63) is 59.3 Å². The summed E-state index contributed by atoms with van der Waals surface area (Å²) in [4.78, 5) is 16.1. The average Bonchev–Trinajstić information content (AvgIpc) is 3.02. The maximum absolute atomic E-state index is 13.9. The second-order valence-corrected chi connectivity index (χ2v) is 6.45. The van der Waals surface area contributed by atoms with Gasteiger partial charge in [-0.3, -0.25) is 4.79 Å². The lowest BCUT2D eigenvalue weighted by molar-refractivity contribution is 0.0926. The lowest BCUT2D eigenvalue weighted by atomic mass is 9.92. The minimum atomic E-state index is -0.599. The highest BCUT2D eigenvalue weighted by atomic mass is 19.1. The molecule has 0 saturated heterocycles. The summed E-state index contributed by atoms with van der Waals surface area (Å²) < 4.78 is 15.4. The predicted octanol–water partition coefficient (Wildman–Crippen LogP) is 4.31. The summed E-state index contributed by atoms with van der Waals surface area (Å²) in [5, 5.41) is 8.28. The van der Waals surface area contributed by atoms with E-state index in [4.69, 9.17) is 0 Å². The van der Waals surface area contributed by atoms with Crippen LogP contribution in [0.3, 0.4) is 0 Å². The van der Waals surface area contributed by atoms with Gasteiger partial charge in [-0.2, -0.15) is 4.39 Å². The highest BCUT2D eigenvalue weighted by Gasteiger charge is 2.18. The van der Waals surface area contributed by atoms with Crippen LogP contribution in [0, 0.1) is 25.7 Å². The molecule has 0 bridgehead atoms. The zero-order valence-electron chi connectivity index (χ0n) is 15.3. The first-order valence-electron chi connectivity index (χ1n) is 8.62. The van der Waals surface area contributed by atoms with Crippen molar-refractivity contribution in [1.29, 1.82) is 0 Å². The predicted molar refractivity (Wildman–Crippen MR) is 97.8 cm³/mol. The molecule has 0 aliphatic heterocycles. The molecule has 1 atom stereocenters. The summed E-state index contributed by atoms with van der Waals surface area (Å²) in [6.07, 6.45) is 2.20. The molecular formula is C20H21FN4O. The number of carbonyl (C=O) groups excluding carboxylic acids is 1. The molecule has 0 amide bonds. The number of ketones is 1. The van der Waals surface area contributed by atoms with Gasteiger partial charge in [0.1, 0.15) is 11.4 Å². The summed E-state index contributed by atoms with van der Waals surface area (Å²) >= 11 is 0.